The van der Waals surface area contributed by atoms with Gasteiger partial charge in [0.25, 0.3) is 5.91 Å². The van der Waals surface area contributed by atoms with Gasteiger partial charge in [-0.15, -0.1) is 0 Å². The van der Waals surface area contributed by atoms with Crippen LogP contribution in [0, 0.1) is 5.92 Å². The summed E-state index contributed by atoms with van der Waals surface area (Å²) in [6.07, 6.45) is 3.97. The largest absolute Gasteiger partial charge is 0.334 e. The van der Waals surface area contributed by atoms with Gasteiger partial charge in [-0.2, -0.15) is 0 Å². The van der Waals surface area contributed by atoms with Crippen molar-refractivity contribution in [3.8, 4) is 0 Å². The average molecular weight is 297 g/mol. The highest BCUT2D eigenvalue weighted by molar-refractivity contribution is 9.10. The Morgan fingerprint density at radius 3 is 2.82 bits per heavy atom. The molecule has 4 heteroatoms. The van der Waals surface area contributed by atoms with Crippen LogP contribution in [0.1, 0.15) is 37.2 Å². The smallest absolute Gasteiger partial charge is 0.272 e. The molecule has 2 rings (SSSR count). The zero-order valence-electron chi connectivity index (χ0n) is 10.2. The minimum Gasteiger partial charge on any atom is -0.334 e. The van der Waals surface area contributed by atoms with E-state index in [4.69, 9.17) is 0 Å². The van der Waals surface area contributed by atoms with E-state index < -0.39 is 0 Å². The lowest BCUT2D eigenvalue weighted by atomic mass is 9.95. The molecule has 2 heterocycles. The molecule has 1 fully saturated rings. The standard InChI is InChI=1S/C13H17BrN2O/c1-9-3-4-10(2)16(8-9)13(17)12-6-5-11(14)7-15-12/h5-7,9-10H,3-4,8H2,1-2H3. The zero-order valence-corrected chi connectivity index (χ0v) is 11.8. The molecule has 1 aliphatic rings. The third kappa shape index (κ3) is 2.86. The van der Waals surface area contributed by atoms with Gasteiger partial charge in [-0.1, -0.05) is 6.92 Å². The molecule has 17 heavy (non-hydrogen) atoms. The monoisotopic (exact) mass is 296 g/mol. The summed E-state index contributed by atoms with van der Waals surface area (Å²) in [5.74, 6) is 0.641. The van der Waals surface area contributed by atoms with Crippen molar-refractivity contribution in [2.24, 2.45) is 5.92 Å². The predicted octanol–water partition coefficient (Wildman–Crippen LogP) is 3.10. The Kier molecular flexibility index (Phi) is 3.82. The second-order valence-corrected chi connectivity index (χ2v) is 5.77. The van der Waals surface area contributed by atoms with Gasteiger partial charge in [0.05, 0.1) is 0 Å². The first-order valence-corrected chi connectivity index (χ1v) is 6.79. The number of rotatable bonds is 1. The number of nitrogens with zero attached hydrogens (tertiary/aromatic N) is 2. The fraction of sp³-hybridized carbons (Fsp3) is 0.538. The highest BCUT2D eigenvalue weighted by Crippen LogP contribution is 2.23. The second kappa shape index (κ2) is 5.17. The van der Waals surface area contributed by atoms with Gasteiger partial charge in [-0.05, 0) is 53.7 Å². The van der Waals surface area contributed by atoms with Crippen molar-refractivity contribution in [2.75, 3.05) is 6.54 Å². The van der Waals surface area contributed by atoms with Crippen molar-refractivity contribution in [3.05, 3.63) is 28.5 Å². The van der Waals surface area contributed by atoms with Crippen LogP contribution in [0.2, 0.25) is 0 Å². The average Bonchev–Trinajstić information content (AvgIpc) is 2.32. The molecule has 3 nitrogen and oxygen atoms in total. The van der Waals surface area contributed by atoms with E-state index in [1.165, 1.54) is 6.42 Å². The van der Waals surface area contributed by atoms with Crippen molar-refractivity contribution < 1.29 is 4.79 Å². The van der Waals surface area contributed by atoms with E-state index in [2.05, 4.69) is 34.8 Å². The molecule has 1 aromatic heterocycles. The van der Waals surface area contributed by atoms with Gasteiger partial charge < -0.3 is 4.90 Å². The number of likely N-dealkylation sites (tertiary alicyclic amines) is 1. The Morgan fingerprint density at radius 1 is 1.41 bits per heavy atom. The van der Waals surface area contributed by atoms with Crippen LogP contribution in [-0.4, -0.2) is 28.4 Å². The molecular weight excluding hydrogens is 280 g/mol. The number of hydrogen-bond acceptors (Lipinski definition) is 2. The van der Waals surface area contributed by atoms with E-state index in [0.717, 1.165) is 17.4 Å². The minimum atomic E-state index is 0.0524. The SMILES string of the molecule is CC1CCC(C)N(C(=O)c2ccc(Br)cn2)C1. The number of amides is 1. The van der Waals surface area contributed by atoms with Crippen LogP contribution < -0.4 is 0 Å². The Hall–Kier alpha value is -0.900. The summed E-state index contributed by atoms with van der Waals surface area (Å²) in [6, 6.07) is 3.96. The van der Waals surface area contributed by atoms with Crippen LogP contribution in [0.15, 0.2) is 22.8 Å². The Labute approximate surface area is 110 Å². The third-order valence-corrected chi connectivity index (χ3v) is 3.79. The quantitative estimate of drug-likeness (QED) is 0.798. The number of halogens is 1. The van der Waals surface area contributed by atoms with Crippen LogP contribution in [-0.2, 0) is 0 Å². The molecule has 1 saturated heterocycles. The molecule has 0 aromatic carbocycles. The first-order valence-electron chi connectivity index (χ1n) is 6.00. The topological polar surface area (TPSA) is 33.2 Å². The van der Waals surface area contributed by atoms with Gasteiger partial charge in [0.1, 0.15) is 5.69 Å². The number of pyridine rings is 1. The second-order valence-electron chi connectivity index (χ2n) is 4.85. The number of aromatic nitrogens is 1. The first-order chi connectivity index (χ1) is 8.08. The predicted molar refractivity (Wildman–Crippen MR) is 70.8 cm³/mol. The maximum atomic E-state index is 12.3. The highest BCUT2D eigenvalue weighted by Gasteiger charge is 2.28. The third-order valence-electron chi connectivity index (χ3n) is 3.33. The van der Waals surface area contributed by atoms with Crippen molar-refractivity contribution in [1.29, 1.82) is 0 Å². The fourth-order valence-corrected chi connectivity index (χ4v) is 2.46. The van der Waals surface area contributed by atoms with Crippen LogP contribution in [0.3, 0.4) is 0 Å². The van der Waals surface area contributed by atoms with Crippen molar-refractivity contribution in [3.63, 3.8) is 0 Å². The lowest BCUT2D eigenvalue weighted by Crippen LogP contribution is -2.45. The first kappa shape index (κ1) is 12.6. The maximum Gasteiger partial charge on any atom is 0.272 e. The van der Waals surface area contributed by atoms with E-state index in [1.54, 1.807) is 12.3 Å². The number of carbonyl (C=O) groups is 1. The highest BCUT2D eigenvalue weighted by atomic mass is 79.9. The summed E-state index contributed by atoms with van der Waals surface area (Å²) < 4.78 is 0.897. The van der Waals surface area contributed by atoms with E-state index >= 15 is 0 Å². The van der Waals surface area contributed by atoms with Crippen LogP contribution in [0.4, 0.5) is 0 Å². The van der Waals surface area contributed by atoms with Crippen molar-refractivity contribution in [2.45, 2.75) is 32.7 Å². The van der Waals surface area contributed by atoms with E-state index in [9.17, 15) is 4.79 Å². The molecule has 0 radical (unpaired) electrons. The summed E-state index contributed by atoms with van der Waals surface area (Å²) in [7, 11) is 0. The lowest BCUT2D eigenvalue weighted by molar-refractivity contribution is 0.0568. The fourth-order valence-electron chi connectivity index (χ4n) is 2.22. The molecule has 1 aromatic rings. The maximum absolute atomic E-state index is 12.3. The molecule has 92 valence electrons. The van der Waals surface area contributed by atoms with Gasteiger partial charge in [0, 0.05) is 23.3 Å². The van der Waals surface area contributed by atoms with Crippen LogP contribution in [0.25, 0.3) is 0 Å². The summed E-state index contributed by atoms with van der Waals surface area (Å²) in [6.45, 7) is 5.15. The molecule has 0 spiro atoms. The van der Waals surface area contributed by atoms with Crippen molar-refractivity contribution >= 4 is 21.8 Å². The number of carbonyl (C=O) groups excluding carboxylic acids is 1. The molecular formula is C13H17BrN2O. The lowest BCUT2D eigenvalue weighted by Gasteiger charge is -2.36. The molecule has 0 aliphatic carbocycles. The summed E-state index contributed by atoms with van der Waals surface area (Å²) in [5, 5.41) is 0. The molecule has 0 N–H and O–H groups in total. The molecule has 0 saturated carbocycles. The molecule has 1 aliphatic heterocycles. The Balaban J connectivity index is 2.15. The zero-order chi connectivity index (χ0) is 12.4. The van der Waals surface area contributed by atoms with Gasteiger partial charge in [-0.25, -0.2) is 4.98 Å². The minimum absolute atomic E-state index is 0.0524. The van der Waals surface area contributed by atoms with Crippen LogP contribution in [0.5, 0.6) is 0 Å². The molecule has 0 bridgehead atoms. The Morgan fingerprint density at radius 2 is 2.18 bits per heavy atom. The number of piperidine rings is 1. The summed E-state index contributed by atoms with van der Waals surface area (Å²) in [4.78, 5) is 18.4. The van der Waals surface area contributed by atoms with E-state index in [1.807, 2.05) is 11.0 Å². The van der Waals surface area contributed by atoms with E-state index in [-0.39, 0.29) is 5.91 Å². The number of hydrogen-bond donors (Lipinski definition) is 0. The molecule has 1 amide bonds. The van der Waals surface area contributed by atoms with Gasteiger partial charge in [-0.3, -0.25) is 4.79 Å². The summed E-state index contributed by atoms with van der Waals surface area (Å²) >= 11 is 3.32. The molecule has 2 unspecified atom stereocenters. The van der Waals surface area contributed by atoms with E-state index in [0.29, 0.717) is 17.7 Å². The van der Waals surface area contributed by atoms with Gasteiger partial charge >= 0.3 is 0 Å². The van der Waals surface area contributed by atoms with Gasteiger partial charge in [0.2, 0.25) is 0 Å². The van der Waals surface area contributed by atoms with Gasteiger partial charge in [0.15, 0.2) is 0 Å². The molecule has 2 atom stereocenters. The van der Waals surface area contributed by atoms with Crippen LogP contribution >= 0.6 is 15.9 Å². The Bertz CT molecular complexity index is 404. The summed E-state index contributed by atoms with van der Waals surface area (Å²) in [5.41, 5.74) is 0.536. The normalized spacial score (nSPS) is 24.8. The van der Waals surface area contributed by atoms with Crippen molar-refractivity contribution in [1.82, 2.24) is 9.88 Å².